The maximum atomic E-state index is 12.3. The molecule has 25 heavy (non-hydrogen) atoms. The molecule has 2 rings (SSSR count). The van der Waals surface area contributed by atoms with Gasteiger partial charge in [-0.15, -0.1) is 0 Å². The second-order valence-electron chi connectivity index (χ2n) is 5.09. The molecular weight excluding hydrogens is 339 g/mol. The van der Waals surface area contributed by atoms with Crippen molar-refractivity contribution in [2.45, 2.75) is 26.4 Å². The molecule has 0 atom stereocenters. The van der Waals surface area contributed by atoms with Crippen LogP contribution in [0.4, 0.5) is 18.9 Å². The zero-order valence-corrected chi connectivity index (χ0v) is 13.4. The number of carbonyl (C=O) groups excluding carboxylic acids is 1. The Hall–Kier alpha value is -3.02. The molecule has 0 unspecified atom stereocenters. The lowest BCUT2D eigenvalue weighted by Crippen LogP contribution is -2.19. The molecule has 0 saturated carbocycles. The summed E-state index contributed by atoms with van der Waals surface area (Å²) in [6, 6.07) is 5.52. The molecule has 1 aromatic carbocycles. The van der Waals surface area contributed by atoms with Gasteiger partial charge in [-0.05, 0) is 31.5 Å². The molecule has 0 saturated heterocycles. The largest absolute Gasteiger partial charge is 0.483 e. The van der Waals surface area contributed by atoms with E-state index in [1.807, 2.05) is 6.92 Å². The van der Waals surface area contributed by atoms with Crippen molar-refractivity contribution < 1.29 is 27.2 Å². The van der Waals surface area contributed by atoms with Crippen LogP contribution in [0.5, 0.6) is 5.75 Å². The van der Waals surface area contributed by atoms with Crippen LogP contribution >= 0.6 is 0 Å². The molecule has 0 bridgehead atoms. The molecule has 0 aliphatic carbocycles. The van der Waals surface area contributed by atoms with Crippen LogP contribution in [0.25, 0.3) is 0 Å². The minimum Gasteiger partial charge on any atom is -0.483 e. The van der Waals surface area contributed by atoms with E-state index in [-0.39, 0.29) is 17.0 Å². The van der Waals surface area contributed by atoms with Gasteiger partial charge in [-0.2, -0.15) is 18.4 Å². The van der Waals surface area contributed by atoms with Crippen LogP contribution in [-0.2, 0) is 6.42 Å². The lowest BCUT2D eigenvalue weighted by molar-refractivity contribution is -0.153. The first-order valence-electron chi connectivity index (χ1n) is 7.25. The highest BCUT2D eigenvalue weighted by molar-refractivity contribution is 6.05. The second kappa shape index (κ2) is 7.25. The van der Waals surface area contributed by atoms with E-state index >= 15 is 0 Å². The van der Waals surface area contributed by atoms with Crippen LogP contribution in [-0.4, -0.2) is 23.8 Å². The molecule has 1 heterocycles. The number of hydrogen-bond donors (Lipinski definition) is 1. The highest BCUT2D eigenvalue weighted by Gasteiger charge is 2.29. The van der Waals surface area contributed by atoms with Crippen LogP contribution in [0.2, 0.25) is 0 Å². The lowest BCUT2D eigenvalue weighted by Gasteiger charge is -2.12. The van der Waals surface area contributed by atoms with Gasteiger partial charge in [0.25, 0.3) is 5.91 Å². The number of halogens is 3. The summed E-state index contributed by atoms with van der Waals surface area (Å²) in [6.07, 6.45) is -4.02. The summed E-state index contributed by atoms with van der Waals surface area (Å²) in [5.74, 6) is -0.350. The van der Waals surface area contributed by atoms with Crippen molar-refractivity contribution >= 4 is 11.6 Å². The van der Waals surface area contributed by atoms with Crippen molar-refractivity contribution in [3.8, 4) is 11.8 Å². The van der Waals surface area contributed by atoms with E-state index in [9.17, 15) is 18.0 Å². The van der Waals surface area contributed by atoms with Crippen molar-refractivity contribution in [2.24, 2.45) is 0 Å². The third-order valence-electron chi connectivity index (χ3n) is 3.24. The predicted octanol–water partition coefficient (Wildman–Crippen LogP) is 3.61. The molecule has 1 aromatic heterocycles. The van der Waals surface area contributed by atoms with Gasteiger partial charge in [-0.1, -0.05) is 12.1 Å². The number of ether oxygens (including phenoxy) is 1. The van der Waals surface area contributed by atoms with Gasteiger partial charge in [-0.25, -0.2) is 0 Å². The van der Waals surface area contributed by atoms with Crippen LogP contribution in [0, 0.1) is 18.3 Å². The van der Waals surface area contributed by atoms with Crippen LogP contribution < -0.4 is 10.1 Å². The number of nitrogens with one attached hydrogen (secondary N) is 1. The van der Waals surface area contributed by atoms with Crippen molar-refractivity contribution in [3.05, 3.63) is 40.8 Å². The molecule has 6 nitrogen and oxygen atoms in total. The SMILES string of the molecule is CCc1noc(C)c1C(=O)Nc1ccc(OCC(F)(F)F)c(C#N)c1. The van der Waals surface area contributed by atoms with Crippen LogP contribution in [0.15, 0.2) is 22.7 Å². The molecule has 0 radical (unpaired) electrons. The van der Waals surface area contributed by atoms with Crippen molar-refractivity contribution in [1.29, 1.82) is 5.26 Å². The van der Waals surface area contributed by atoms with Gasteiger partial charge in [0.05, 0.1) is 11.3 Å². The number of benzene rings is 1. The van der Waals surface area contributed by atoms with Gasteiger partial charge in [-0.3, -0.25) is 4.79 Å². The minimum atomic E-state index is -4.51. The Labute approximate surface area is 141 Å². The van der Waals surface area contributed by atoms with Gasteiger partial charge < -0.3 is 14.6 Å². The lowest BCUT2D eigenvalue weighted by atomic mass is 10.1. The summed E-state index contributed by atoms with van der Waals surface area (Å²) in [4.78, 5) is 12.3. The highest BCUT2D eigenvalue weighted by atomic mass is 19.4. The number of anilines is 1. The Kier molecular flexibility index (Phi) is 5.32. The minimum absolute atomic E-state index is 0.125. The molecule has 0 aliphatic heterocycles. The van der Waals surface area contributed by atoms with E-state index in [1.165, 1.54) is 18.2 Å². The number of rotatable bonds is 5. The summed E-state index contributed by atoms with van der Waals surface area (Å²) in [7, 11) is 0. The quantitative estimate of drug-likeness (QED) is 0.887. The number of aryl methyl sites for hydroxylation is 2. The van der Waals surface area contributed by atoms with Gasteiger partial charge in [0.15, 0.2) is 6.61 Å². The first-order chi connectivity index (χ1) is 11.7. The molecule has 132 valence electrons. The molecular formula is C16H14F3N3O3. The van der Waals surface area contributed by atoms with E-state index in [0.717, 1.165) is 0 Å². The van der Waals surface area contributed by atoms with Crippen molar-refractivity contribution in [2.75, 3.05) is 11.9 Å². The monoisotopic (exact) mass is 353 g/mol. The number of aromatic nitrogens is 1. The van der Waals surface area contributed by atoms with Gasteiger partial charge in [0.1, 0.15) is 23.1 Å². The smallest absolute Gasteiger partial charge is 0.422 e. The zero-order chi connectivity index (χ0) is 18.6. The zero-order valence-electron chi connectivity index (χ0n) is 13.4. The fourth-order valence-electron chi connectivity index (χ4n) is 2.12. The Morgan fingerprint density at radius 1 is 1.44 bits per heavy atom. The topological polar surface area (TPSA) is 88.2 Å². The number of hydrogen-bond acceptors (Lipinski definition) is 5. The number of nitrogens with zero attached hydrogens (tertiary/aromatic N) is 2. The van der Waals surface area contributed by atoms with Crippen LogP contribution in [0.1, 0.15) is 34.3 Å². The summed E-state index contributed by atoms with van der Waals surface area (Å²) >= 11 is 0. The molecule has 0 spiro atoms. The second-order valence-corrected chi connectivity index (χ2v) is 5.09. The number of amides is 1. The van der Waals surface area contributed by atoms with Crippen LogP contribution in [0.3, 0.4) is 0 Å². The van der Waals surface area contributed by atoms with Gasteiger partial charge in [0.2, 0.25) is 0 Å². The highest BCUT2D eigenvalue weighted by Crippen LogP contribution is 2.25. The average molecular weight is 353 g/mol. The molecule has 1 N–H and O–H groups in total. The number of nitriles is 1. The number of alkyl halides is 3. The average Bonchev–Trinajstić information content (AvgIpc) is 2.93. The van der Waals surface area contributed by atoms with E-state index in [2.05, 4.69) is 15.2 Å². The first-order valence-corrected chi connectivity index (χ1v) is 7.25. The molecule has 9 heteroatoms. The molecule has 0 fully saturated rings. The van der Waals surface area contributed by atoms with Gasteiger partial charge >= 0.3 is 6.18 Å². The Bertz CT molecular complexity index is 822. The van der Waals surface area contributed by atoms with E-state index in [0.29, 0.717) is 23.4 Å². The van der Waals surface area contributed by atoms with E-state index in [4.69, 9.17) is 9.78 Å². The summed E-state index contributed by atoms with van der Waals surface area (Å²) in [6.45, 7) is 1.90. The third-order valence-corrected chi connectivity index (χ3v) is 3.24. The maximum Gasteiger partial charge on any atom is 0.422 e. The standard InChI is InChI=1S/C16H14F3N3O3/c1-3-12-14(9(2)25-22-12)15(23)21-11-4-5-13(10(6-11)7-20)24-8-16(17,18)19/h4-6H,3,8H2,1-2H3,(H,21,23). The van der Waals surface area contributed by atoms with E-state index < -0.39 is 18.7 Å². The summed E-state index contributed by atoms with van der Waals surface area (Å²) in [5.41, 5.74) is 0.891. The Morgan fingerprint density at radius 3 is 2.76 bits per heavy atom. The fourth-order valence-corrected chi connectivity index (χ4v) is 2.12. The Balaban J connectivity index is 2.19. The third kappa shape index (κ3) is 4.50. The Morgan fingerprint density at radius 2 is 2.16 bits per heavy atom. The normalized spacial score (nSPS) is 11.0. The first kappa shape index (κ1) is 18.3. The fraction of sp³-hybridized carbons (Fsp3) is 0.312. The maximum absolute atomic E-state index is 12.3. The van der Waals surface area contributed by atoms with E-state index in [1.54, 1.807) is 13.0 Å². The molecule has 0 aliphatic rings. The van der Waals surface area contributed by atoms with Crippen molar-refractivity contribution in [3.63, 3.8) is 0 Å². The number of carbonyl (C=O) groups is 1. The predicted molar refractivity (Wildman–Crippen MR) is 81.3 cm³/mol. The molecule has 2 aromatic rings. The van der Waals surface area contributed by atoms with Gasteiger partial charge in [0, 0.05) is 5.69 Å². The van der Waals surface area contributed by atoms with Crippen molar-refractivity contribution in [1.82, 2.24) is 5.16 Å². The summed E-state index contributed by atoms with van der Waals surface area (Å²) in [5, 5.41) is 15.4. The molecule has 1 amide bonds. The summed E-state index contributed by atoms with van der Waals surface area (Å²) < 4.78 is 46.2.